The molecule has 2 aliphatic rings. The van der Waals surface area contributed by atoms with Gasteiger partial charge in [-0.2, -0.15) is 5.01 Å². The van der Waals surface area contributed by atoms with Crippen LogP contribution >= 0.6 is 0 Å². The van der Waals surface area contributed by atoms with E-state index in [0.717, 1.165) is 35.4 Å². The van der Waals surface area contributed by atoms with Crippen LogP contribution in [0.1, 0.15) is 54.8 Å². The zero-order valence-electron chi connectivity index (χ0n) is 17.8. The quantitative estimate of drug-likeness (QED) is 0.622. The first-order valence-electron chi connectivity index (χ1n) is 10.9. The van der Waals surface area contributed by atoms with Gasteiger partial charge in [-0.15, -0.1) is 0 Å². The van der Waals surface area contributed by atoms with Gasteiger partial charge in [0, 0.05) is 11.1 Å². The van der Waals surface area contributed by atoms with Crippen molar-refractivity contribution in [1.29, 1.82) is 0 Å². The molecule has 1 saturated carbocycles. The molecule has 7 heteroatoms. The lowest BCUT2D eigenvalue weighted by Crippen LogP contribution is -2.88. The van der Waals surface area contributed by atoms with Crippen molar-refractivity contribution >= 4 is 17.8 Å². The number of carbonyl (C=O) groups excluding carboxylic acids is 3. The van der Waals surface area contributed by atoms with Crippen LogP contribution in [0, 0.1) is 6.92 Å². The second-order valence-electron chi connectivity index (χ2n) is 8.49. The van der Waals surface area contributed by atoms with Crippen molar-refractivity contribution < 1.29 is 19.7 Å². The van der Waals surface area contributed by atoms with Crippen LogP contribution in [0.4, 0.5) is 4.79 Å². The summed E-state index contributed by atoms with van der Waals surface area (Å²) in [5.74, 6) is -0.729. The molecule has 0 radical (unpaired) electrons. The summed E-state index contributed by atoms with van der Waals surface area (Å²) in [5, 5.41) is 5.60. The first-order valence-corrected chi connectivity index (χ1v) is 10.9. The maximum Gasteiger partial charge on any atom is 0.344 e. The fourth-order valence-electron chi connectivity index (χ4n) is 4.51. The van der Waals surface area contributed by atoms with Crippen molar-refractivity contribution in [1.82, 2.24) is 15.8 Å². The van der Waals surface area contributed by atoms with Crippen LogP contribution in [-0.2, 0) is 9.59 Å². The number of urea groups is 1. The Kier molecular flexibility index (Phi) is 6.04. The smallest absolute Gasteiger partial charge is 0.328 e. The predicted octanol–water partition coefficient (Wildman–Crippen LogP) is 1.93. The Morgan fingerprint density at radius 2 is 1.68 bits per heavy atom. The Labute approximate surface area is 182 Å². The number of nitrogens with two attached hydrogens (primary N) is 1. The first kappa shape index (κ1) is 21.1. The van der Waals surface area contributed by atoms with E-state index in [9.17, 15) is 14.4 Å². The molecule has 1 aliphatic carbocycles. The van der Waals surface area contributed by atoms with Crippen molar-refractivity contribution in [2.45, 2.75) is 50.6 Å². The van der Waals surface area contributed by atoms with Gasteiger partial charge in [0.15, 0.2) is 6.54 Å². The molecule has 31 heavy (non-hydrogen) atoms. The topological polar surface area (TPSA) is 95.1 Å². The van der Waals surface area contributed by atoms with E-state index in [-0.39, 0.29) is 24.4 Å². The third kappa shape index (κ3) is 4.46. The molecule has 0 bridgehead atoms. The number of hydrazine groups is 1. The fraction of sp³-hybridized carbons (Fsp3) is 0.375. The summed E-state index contributed by atoms with van der Waals surface area (Å²) in [4.78, 5) is 37.9. The number of rotatable bonds is 6. The van der Waals surface area contributed by atoms with E-state index in [0.29, 0.717) is 12.8 Å². The van der Waals surface area contributed by atoms with Gasteiger partial charge in [0.2, 0.25) is 0 Å². The van der Waals surface area contributed by atoms with Gasteiger partial charge in [-0.3, -0.25) is 15.0 Å². The Bertz CT molecular complexity index is 953. The van der Waals surface area contributed by atoms with Gasteiger partial charge in [-0.1, -0.05) is 79.4 Å². The number of imide groups is 1. The molecule has 2 aromatic rings. The van der Waals surface area contributed by atoms with E-state index < -0.39 is 11.6 Å². The number of quaternary nitrogens is 1. The van der Waals surface area contributed by atoms with Gasteiger partial charge in [0.05, 0.1) is 0 Å². The summed E-state index contributed by atoms with van der Waals surface area (Å²) in [7, 11) is 0. The molecule has 2 fully saturated rings. The number of amides is 4. The Morgan fingerprint density at radius 1 is 1.03 bits per heavy atom. The Balaban J connectivity index is 1.43. The van der Waals surface area contributed by atoms with Crippen LogP contribution in [0.15, 0.2) is 54.6 Å². The van der Waals surface area contributed by atoms with Crippen LogP contribution in [0.25, 0.3) is 0 Å². The SMILES string of the molecule is Cc1ccc([C@@H]([NH2+]CC(=O)NN2C(=O)NC3(CCCCC3)C2=O)c2ccccc2)cc1. The lowest BCUT2D eigenvalue weighted by molar-refractivity contribution is -0.676. The first-order chi connectivity index (χ1) is 15.0. The van der Waals surface area contributed by atoms with Crippen molar-refractivity contribution in [3.8, 4) is 0 Å². The van der Waals surface area contributed by atoms with Crippen molar-refractivity contribution in [2.75, 3.05) is 6.54 Å². The summed E-state index contributed by atoms with van der Waals surface area (Å²) in [6.45, 7) is 2.12. The molecule has 1 saturated heterocycles. The predicted molar refractivity (Wildman–Crippen MR) is 116 cm³/mol. The number of hydrogen-bond donors (Lipinski definition) is 3. The average Bonchev–Trinajstić information content (AvgIpc) is 3.00. The standard InChI is InChI=1S/C24H28N4O3/c1-17-10-12-19(13-11-17)21(18-8-4-2-5-9-18)25-16-20(29)27-28-22(30)24(26-23(28)31)14-6-3-7-15-24/h2,4-5,8-13,21,25H,3,6-7,14-16H2,1H3,(H,26,31)(H,27,29)/p+1/t21-/m0/s1. The summed E-state index contributed by atoms with van der Waals surface area (Å²) in [6.07, 6.45) is 4.11. The van der Waals surface area contributed by atoms with E-state index in [1.54, 1.807) is 0 Å². The number of benzene rings is 2. The van der Waals surface area contributed by atoms with Crippen molar-refractivity contribution in [3.63, 3.8) is 0 Å². The van der Waals surface area contributed by atoms with E-state index in [1.165, 1.54) is 5.56 Å². The maximum atomic E-state index is 12.9. The molecule has 1 aliphatic heterocycles. The highest BCUT2D eigenvalue weighted by molar-refractivity contribution is 6.08. The Hall–Kier alpha value is -3.19. The molecule has 4 amide bonds. The van der Waals surface area contributed by atoms with E-state index >= 15 is 0 Å². The molecule has 7 nitrogen and oxygen atoms in total. The molecule has 1 heterocycles. The number of aryl methyl sites for hydroxylation is 1. The highest BCUT2D eigenvalue weighted by Gasteiger charge is 2.52. The zero-order chi connectivity index (χ0) is 21.8. The minimum atomic E-state index is -0.846. The van der Waals surface area contributed by atoms with Gasteiger partial charge >= 0.3 is 6.03 Å². The van der Waals surface area contributed by atoms with Crippen LogP contribution in [0.2, 0.25) is 0 Å². The molecule has 0 unspecified atom stereocenters. The number of carbonyl (C=O) groups is 3. The third-order valence-corrected chi connectivity index (χ3v) is 6.24. The number of hydrogen-bond acceptors (Lipinski definition) is 3. The lowest BCUT2D eigenvalue weighted by atomic mass is 9.82. The largest absolute Gasteiger partial charge is 0.344 e. The zero-order valence-corrected chi connectivity index (χ0v) is 17.8. The van der Waals surface area contributed by atoms with E-state index in [1.807, 2.05) is 42.6 Å². The van der Waals surface area contributed by atoms with Gasteiger partial charge in [-0.05, 0) is 19.8 Å². The molecular formula is C24H29N4O3+. The molecule has 4 N–H and O–H groups in total. The third-order valence-electron chi connectivity index (χ3n) is 6.24. The van der Waals surface area contributed by atoms with Crippen molar-refractivity contribution in [2.24, 2.45) is 0 Å². The number of nitrogens with one attached hydrogen (secondary N) is 2. The van der Waals surface area contributed by atoms with Crippen LogP contribution in [0.5, 0.6) is 0 Å². The summed E-state index contributed by atoms with van der Waals surface area (Å²) in [6, 6.07) is 17.6. The molecule has 1 spiro atoms. The second-order valence-corrected chi connectivity index (χ2v) is 8.49. The van der Waals surface area contributed by atoms with Gasteiger partial charge in [0.25, 0.3) is 11.8 Å². The molecule has 162 valence electrons. The molecular weight excluding hydrogens is 392 g/mol. The summed E-state index contributed by atoms with van der Waals surface area (Å²) in [5.41, 5.74) is 5.01. The number of nitrogens with zero attached hydrogens (tertiary/aromatic N) is 1. The normalized spacial score (nSPS) is 18.7. The van der Waals surface area contributed by atoms with Gasteiger partial charge in [-0.25, -0.2) is 4.79 Å². The van der Waals surface area contributed by atoms with Crippen molar-refractivity contribution in [3.05, 3.63) is 71.3 Å². The average molecular weight is 422 g/mol. The molecule has 1 atom stereocenters. The van der Waals surface area contributed by atoms with Gasteiger partial charge in [0.1, 0.15) is 11.6 Å². The lowest BCUT2D eigenvalue weighted by Gasteiger charge is -2.30. The van der Waals surface area contributed by atoms with Crippen LogP contribution < -0.4 is 16.1 Å². The molecule has 0 aromatic heterocycles. The monoisotopic (exact) mass is 421 g/mol. The van der Waals surface area contributed by atoms with Crippen LogP contribution in [-0.4, -0.2) is 34.9 Å². The van der Waals surface area contributed by atoms with E-state index in [4.69, 9.17) is 0 Å². The van der Waals surface area contributed by atoms with E-state index in [2.05, 4.69) is 35.0 Å². The highest BCUT2D eigenvalue weighted by atomic mass is 16.2. The summed E-state index contributed by atoms with van der Waals surface area (Å²) >= 11 is 0. The second kappa shape index (κ2) is 8.89. The fourth-order valence-corrected chi connectivity index (χ4v) is 4.51. The minimum Gasteiger partial charge on any atom is -0.328 e. The summed E-state index contributed by atoms with van der Waals surface area (Å²) < 4.78 is 0. The maximum absolute atomic E-state index is 12.9. The Morgan fingerprint density at radius 3 is 2.35 bits per heavy atom. The highest BCUT2D eigenvalue weighted by Crippen LogP contribution is 2.32. The van der Waals surface area contributed by atoms with Crippen LogP contribution in [0.3, 0.4) is 0 Å². The molecule has 2 aromatic carbocycles. The minimum absolute atomic E-state index is 0.0691. The van der Waals surface area contributed by atoms with Gasteiger partial charge < -0.3 is 10.6 Å². The molecule has 4 rings (SSSR count).